The summed E-state index contributed by atoms with van der Waals surface area (Å²) in [5.74, 6) is -1.29. The Morgan fingerprint density at radius 3 is 1.66 bits per heavy atom. The van der Waals surface area contributed by atoms with E-state index in [-0.39, 0.29) is 23.4 Å². The molecule has 4 aromatic carbocycles. The summed E-state index contributed by atoms with van der Waals surface area (Å²) in [6.45, 7) is 0. The highest BCUT2D eigenvalue weighted by atomic mass is 19.4. The van der Waals surface area contributed by atoms with Gasteiger partial charge in [-0.3, -0.25) is 20.4 Å². The Morgan fingerprint density at radius 1 is 0.636 bits per heavy atom. The van der Waals surface area contributed by atoms with Crippen LogP contribution in [0.2, 0.25) is 0 Å². The van der Waals surface area contributed by atoms with Crippen molar-refractivity contribution in [2.24, 2.45) is 0 Å². The first-order chi connectivity index (χ1) is 20.9. The zero-order valence-corrected chi connectivity index (χ0v) is 22.2. The molecule has 0 radical (unpaired) electrons. The molecular formula is C30H20F6N6O2. The molecule has 2 amide bonds. The second-order valence-electron chi connectivity index (χ2n) is 9.28. The van der Waals surface area contributed by atoms with Crippen LogP contribution >= 0.6 is 0 Å². The highest BCUT2D eigenvalue weighted by molar-refractivity contribution is 5.99. The molecule has 3 N–H and O–H groups in total. The number of hydrogen-bond donors (Lipinski definition) is 3. The average Bonchev–Trinajstić information content (AvgIpc) is 3.43. The summed E-state index contributed by atoms with van der Waals surface area (Å²) in [4.78, 5) is 28.9. The minimum absolute atomic E-state index is 0.0225. The van der Waals surface area contributed by atoms with Gasteiger partial charge >= 0.3 is 12.4 Å². The molecule has 8 nitrogen and oxygen atoms in total. The van der Waals surface area contributed by atoms with Gasteiger partial charge < -0.3 is 5.32 Å². The van der Waals surface area contributed by atoms with E-state index in [2.05, 4.69) is 26.3 Å². The SMILES string of the molecule is O=C(NNC(=O)c1ccc(Nc2nc(-c3ccccc3)n(-c3cc(C(F)(F)F)cc(C(F)(F)F)c3)n2)cc1)c1ccccc1. The molecule has 5 aromatic rings. The second kappa shape index (κ2) is 11.9. The third-order valence-corrected chi connectivity index (χ3v) is 6.18. The molecule has 0 saturated heterocycles. The molecule has 14 heteroatoms. The molecule has 5 rings (SSSR count). The van der Waals surface area contributed by atoms with Crippen LogP contribution in [0.3, 0.4) is 0 Å². The van der Waals surface area contributed by atoms with Gasteiger partial charge in [0.2, 0.25) is 5.95 Å². The Balaban J connectivity index is 1.41. The maximum atomic E-state index is 13.5. The van der Waals surface area contributed by atoms with E-state index >= 15 is 0 Å². The number of rotatable bonds is 6. The van der Waals surface area contributed by atoms with Gasteiger partial charge in [0.05, 0.1) is 16.8 Å². The molecule has 0 fully saturated rings. The molecule has 0 aliphatic heterocycles. The van der Waals surface area contributed by atoms with Crippen molar-refractivity contribution in [2.75, 3.05) is 5.32 Å². The van der Waals surface area contributed by atoms with Crippen molar-refractivity contribution in [3.8, 4) is 17.1 Å². The number of carbonyl (C=O) groups excluding carboxylic acids is 2. The Kier molecular flexibility index (Phi) is 8.07. The van der Waals surface area contributed by atoms with E-state index in [9.17, 15) is 35.9 Å². The van der Waals surface area contributed by atoms with Crippen LogP contribution in [0.15, 0.2) is 103 Å². The first-order valence-electron chi connectivity index (χ1n) is 12.7. The molecule has 44 heavy (non-hydrogen) atoms. The summed E-state index contributed by atoms with van der Waals surface area (Å²) >= 11 is 0. The standard InChI is InChI=1S/C30H20F6N6O2/c31-29(32,33)21-15-22(30(34,35)36)17-24(16-21)42-25(18-7-3-1-4-8-18)38-28(41-42)37-23-13-11-20(12-14-23)27(44)40-39-26(43)19-9-5-2-6-10-19/h1-17H,(H,37,41)(H,39,43)(H,40,44). The molecule has 1 heterocycles. The van der Waals surface area contributed by atoms with Crippen LogP contribution in [-0.4, -0.2) is 26.6 Å². The van der Waals surface area contributed by atoms with Crippen LogP contribution in [0.1, 0.15) is 31.8 Å². The van der Waals surface area contributed by atoms with Crippen molar-refractivity contribution >= 4 is 23.5 Å². The zero-order chi connectivity index (χ0) is 31.5. The fraction of sp³-hybridized carbons (Fsp3) is 0.0667. The van der Waals surface area contributed by atoms with Crippen LogP contribution in [0.4, 0.5) is 38.0 Å². The minimum Gasteiger partial charge on any atom is -0.323 e. The maximum absolute atomic E-state index is 13.5. The van der Waals surface area contributed by atoms with Crippen molar-refractivity contribution in [3.63, 3.8) is 0 Å². The number of alkyl halides is 6. The monoisotopic (exact) mass is 610 g/mol. The normalized spacial score (nSPS) is 11.6. The second-order valence-corrected chi connectivity index (χ2v) is 9.28. The smallest absolute Gasteiger partial charge is 0.323 e. The van der Waals surface area contributed by atoms with Crippen molar-refractivity contribution < 1.29 is 35.9 Å². The number of nitrogens with one attached hydrogen (secondary N) is 3. The van der Waals surface area contributed by atoms with E-state index in [1.807, 2.05) is 0 Å². The summed E-state index contributed by atoms with van der Waals surface area (Å²) < 4.78 is 82.2. The topological polar surface area (TPSA) is 101 Å². The highest BCUT2D eigenvalue weighted by Gasteiger charge is 2.37. The Bertz CT molecular complexity index is 1760. The molecule has 0 aliphatic carbocycles. The number of halogens is 6. The van der Waals surface area contributed by atoms with E-state index < -0.39 is 41.0 Å². The van der Waals surface area contributed by atoms with Crippen molar-refractivity contribution in [3.05, 3.63) is 125 Å². The van der Waals surface area contributed by atoms with Gasteiger partial charge in [-0.25, -0.2) is 4.68 Å². The number of hydrogen-bond acceptors (Lipinski definition) is 5. The molecule has 0 unspecified atom stereocenters. The first kappa shape index (κ1) is 29.8. The quantitative estimate of drug-likeness (QED) is 0.145. The zero-order valence-electron chi connectivity index (χ0n) is 22.2. The minimum atomic E-state index is -5.05. The number of hydrazine groups is 1. The van der Waals surface area contributed by atoms with Gasteiger partial charge in [0, 0.05) is 22.4 Å². The predicted molar refractivity (Wildman–Crippen MR) is 148 cm³/mol. The Morgan fingerprint density at radius 2 is 1.14 bits per heavy atom. The highest BCUT2D eigenvalue weighted by Crippen LogP contribution is 2.38. The van der Waals surface area contributed by atoms with E-state index in [1.54, 1.807) is 60.7 Å². The summed E-state index contributed by atoms with van der Waals surface area (Å²) in [7, 11) is 0. The summed E-state index contributed by atoms with van der Waals surface area (Å²) in [6, 6.07) is 23.3. The van der Waals surface area contributed by atoms with Crippen LogP contribution < -0.4 is 16.2 Å². The molecule has 0 atom stereocenters. The lowest BCUT2D eigenvalue weighted by Crippen LogP contribution is -2.41. The lowest BCUT2D eigenvalue weighted by molar-refractivity contribution is -0.143. The maximum Gasteiger partial charge on any atom is 0.416 e. The fourth-order valence-corrected chi connectivity index (χ4v) is 4.06. The number of carbonyl (C=O) groups is 2. The summed E-state index contributed by atoms with van der Waals surface area (Å²) in [6.07, 6.45) is -10.1. The lowest BCUT2D eigenvalue weighted by atomic mass is 10.1. The third kappa shape index (κ3) is 6.86. The largest absolute Gasteiger partial charge is 0.416 e. The number of nitrogens with zero attached hydrogens (tertiary/aromatic N) is 3. The van der Waals surface area contributed by atoms with Crippen molar-refractivity contribution in [1.29, 1.82) is 0 Å². The average molecular weight is 611 g/mol. The summed E-state index contributed by atoms with van der Waals surface area (Å²) in [5, 5.41) is 7.01. The molecule has 0 spiro atoms. The van der Waals surface area contributed by atoms with E-state index in [4.69, 9.17) is 0 Å². The van der Waals surface area contributed by atoms with Gasteiger partial charge in [-0.15, -0.1) is 5.10 Å². The molecule has 0 aliphatic rings. The van der Waals surface area contributed by atoms with Gasteiger partial charge in [-0.05, 0) is 54.6 Å². The van der Waals surface area contributed by atoms with Gasteiger partial charge in [0.25, 0.3) is 11.8 Å². The number of aromatic nitrogens is 3. The van der Waals surface area contributed by atoms with Gasteiger partial charge in [0.15, 0.2) is 5.82 Å². The molecule has 0 bridgehead atoms. The van der Waals surface area contributed by atoms with Crippen LogP contribution in [0.25, 0.3) is 17.1 Å². The van der Waals surface area contributed by atoms with E-state index in [1.165, 1.54) is 24.3 Å². The molecule has 1 aromatic heterocycles. The lowest BCUT2D eigenvalue weighted by Gasteiger charge is -2.15. The van der Waals surface area contributed by atoms with Gasteiger partial charge in [-0.1, -0.05) is 48.5 Å². The van der Waals surface area contributed by atoms with Gasteiger partial charge in [0.1, 0.15) is 0 Å². The van der Waals surface area contributed by atoms with Crippen LogP contribution in [0.5, 0.6) is 0 Å². The Labute approximate surface area is 245 Å². The number of benzene rings is 4. The van der Waals surface area contributed by atoms with E-state index in [0.29, 0.717) is 28.9 Å². The molecular weight excluding hydrogens is 590 g/mol. The molecule has 224 valence electrons. The molecule has 0 saturated carbocycles. The first-order valence-corrected chi connectivity index (χ1v) is 12.7. The third-order valence-electron chi connectivity index (χ3n) is 6.18. The van der Waals surface area contributed by atoms with Crippen LogP contribution in [-0.2, 0) is 12.4 Å². The summed E-state index contributed by atoms with van der Waals surface area (Å²) in [5.41, 5.74) is 2.34. The predicted octanol–water partition coefficient (Wildman–Crippen LogP) is 6.79. The van der Waals surface area contributed by atoms with E-state index in [0.717, 1.165) is 4.68 Å². The van der Waals surface area contributed by atoms with Crippen molar-refractivity contribution in [1.82, 2.24) is 25.6 Å². The van der Waals surface area contributed by atoms with Crippen LogP contribution in [0, 0.1) is 0 Å². The number of amides is 2. The number of anilines is 2. The van der Waals surface area contributed by atoms with Crippen molar-refractivity contribution in [2.45, 2.75) is 12.4 Å². The Hall–Kier alpha value is -5.66. The fourth-order valence-electron chi connectivity index (χ4n) is 4.06. The van der Waals surface area contributed by atoms with Gasteiger partial charge in [-0.2, -0.15) is 31.3 Å².